The number of primary amides is 1. The quantitative estimate of drug-likeness (QED) is 0.885. The monoisotopic (exact) mass is 358 g/mol. The van der Waals surface area contributed by atoms with Crippen molar-refractivity contribution < 1.29 is 23.5 Å². The molecule has 1 saturated heterocycles. The predicted molar refractivity (Wildman–Crippen MR) is 92.1 cm³/mol. The Balaban J connectivity index is 1.65. The number of halogens is 1. The molecule has 1 aliphatic heterocycles. The normalized spacial score (nSPS) is 17.0. The highest BCUT2D eigenvalue weighted by Gasteiger charge is 2.26. The molecule has 26 heavy (non-hydrogen) atoms. The number of ether oxygens (including phenoxy) is 2. The van der Waals surface area contributed by atoms with Crippen LogP contribution >= 0.6 is 0 Å². The van der Waals surface area contributed by atoms with Crippen LogP contribution in [0.2, 0.25) is 0 Å². The van der Waals surface area contributed by atoms with E-state index in [2.05, 4.69) is 0 Å². The van der Waals surface area contributed by atoms with Gasteiger partial charge in [0, 0.05) is 12.1 Å². The molecule has 6 nitrogen and oxygen atoms in total. The molecule has 1 fully saturated rings. The third-order valence-corrected chi connectivity index (χ3v) is 4.08. The van der Waals surface area contributed by atoms with E-state index >= 15 is 0 Å². The van der Waals surface area contributed by atoms with E-state index in [1.165, 1.54) is 12.1 Å². The maximum atomic E-state index is 13.1. The highest BCUT2D eigenvalue weighted by atomic mass is 19.1. The smallest absolute Gasteiger partial charge is 0.255 e. The SMILES string of the molecule is NC(=O)COc1ccc(C(=O)N2CCOC(c3ccc(F)cc3)C2)cc1. The van der Waals surface area contributed by atoms with E-state index in [1.54, 1.807) is 41.3 Å². The first-order chi connectivity index (χ1) is 12.5. The van der Waals surface area contributed by atoms with Gasteiger partial charge in [0.25, 0.3) is 11.8 Å². The van der Waals surface area contributed by atoms with Crippen LogP contribution < -0.4 is 10.5 Å². The highest BCUT2D eigenvalue weighted by molar-refractivity contribution is 5.94. The maximum absolute atomic E-state index is 13.1. The largest absolute Gasteiger partial charge is 0.484 e. The minimum Gasteiger partial charge on any atom is -0.484 e. The van der Waals surface area contributed by atoms with Gasteiger partial charge in [0.15, 0.2) is 6.61 Å². The Hall–Kier alpha value is -2.93. The van der Waals surface area contributed by atoms with Gasteiger partial charge < -0.3 is 20.1 Å². The van der Waals surface area contributed by atoms with E-state index in [1.807, 2.05) is 0 Å². The van der Waals surface area contributed by atoms with Gasteiger partial charge in [-0.3, -0.25) is 9.59 Å². The fraction of sp³-hybridized carbons (Fsp3) is 0.263. The van der Waals surface area contributed by atoms with Crippen molar-refractivity contribution in [3.63, 3.8) is 0 Å². The molecular formula is C19H19FN2O4. The van der Waals surface area contributed by atoms with Gasteiger partial charge >= 0.3 is 0 Å². The molecule has 0 spiro atoms. The number of carbonyl (C=O) groups is 2. The van der Waals surface area contributed by atoms with Crippen LogP contribution in [0.25, 0.3) is 0 Å². The van der Waals surface area contributed by atoms with Gasteiger partial charge in [0.1, 0.15) is 17.7 Å². The maximum Gasteiger partial charge on any atom is 0.255 e. The molecule has 1 aliphatic rings. The van der Waals surface area contributed by atoms with E-state index in [9.17, 15) is 14.0 Å². The molecule has 0 saturated carbocycles. The molecule has 2 N–H and O–H groups in total. The molecule has 7 heteroatoms. The third kappa shape index (κ3) is 4.37. The number of rotatable bonds is 5. The van der Waals surface area contributed by atoms with Crippen LogP contribution in [0.3, 0.4) is 0 Å². The Morgan fingerprint density at radius 3 is 2.50 bits per heavy atom. The number of amides is 2. The van der Waals surface area contributed by atoms with Gasteiger partial charge in [-0.25, -0.2) is 4.39 Å². The Labute approximate surface area is 150 Å². The Morgan fingerprint density at radius 2 is 1.85 bits per heavy atom. The van der Waals surface area contributed by atoms with Crippen LogP contribution in [-0.2, 0) is 9.53 Å². The van der Waals surface area contributed by atoms with Crippen molar-refractivity contribution in [1.82, 2.24) is 4.90 Å². The third-order valence-electron chi connectivity index (χ3n) is 4.08. The standard InChI is InChI=1S/C19H19FN2O4/c20-15-5-1-13(2-6-15)17-11-22(9-10-25-17)19(24)14-3-7-16(8-4-14)26-12-18(21)23/h1-8,17H,9-12H2,(H2,21,23). The summed E-state index contributed by atoms with van der Waals surface area (Å²) in [7, 11) is 0. The van der Waals surface area contributed by atoms with Gasteiger partial charge in [-0.1, -0.05) is 12.1 Å². The first-order valence-electron chi connectivity index (χ1n) is 8.20. The molecular weight excluding hydrogens is 339 g/mol. The fourth-order valence-corrected chi connectivity index (χ4v) is 2.74. The predicted octanol–water partition coefficient (Wildman–Crippen LogP) is 1.90. The van der Waals surface area contributed by atoms with Crippen molar-refractivity contribution in [2.24, 2.45) is 5.73 Å². The molecule has 136 valence electrons. The van der Waals surface area contributed by atoms with Crippen molar-refractivity contribution in [2.45, 2.75) is 6.10 Å². The van der Waals surface area contributed by atoms with Crippen LogP contribution in [0.4, 0.5) is 4.39 Å². The molecule has 1 unspecified atom stereocenters. The average molecular weight is 358 g/mol. The number of morpholine rings is 1. The van der Waals surface area contributed by atoms with Crippen LogP contribution in [0.1, 0.15) is 22.0 Å². The summed E-state index contributed by atoms with van der Waals surface area (Å²) in [6.07, 6.45) is -0.286. The van der Waals surface area contributed by atoms with Crippen LogP contribution in [0, 0.1) is 5.82 Å². The van der Waals surface area contributed by atoms with E-state index in [0.717, 1.165) is 5.56 Å². The minimum atomic E-state index is -0.565. The second-order valence-electron chi connectivity index (χ2n) is 5.94. The van der Waals surface area contributed by atoms with E-state index in [4.69, 9.17) is 15.2 Å². The summed E-state index contributed by atoms with van der Waals surface area (Å²) in [5.74, 6) is -0.533. The van der Waals surface area contributed by atoms with Crippen LogP contribution in [-0.4, -0.2) is 43.0 Å². The van der Waals surface area contributed by atoms with E-state index in [-0.39, 0.29) is 24.4 Å². The summed E-state index contributed by atoms with van der Waals surface area (Å²) in [4.78, 5) is 25.1. The lowest BCUT2D eigenvalue weighted by Crippen LogP contribution is -2.42. The van der Waals surface area contributed by atoms with Crippen LogP contribution in [0.15, 0.2) is 48.5 Å². The van der Waals surface area contributed by atoms with Gasteiger partial charge in [-0.05, 0) is 42.0 Å². The number of hydrogen-bond acceptors (Lipinski definition) is 4. The summed E-state index contributed by atoms with van der Waals surface area (Å²) < 4.78 is 24.0. The zero-order valence-electron chi connectivity index (χ0n) is 14.1. The summed E-state index contributed by atoms with van der Waals surface area (Å²) in [5, 5.41) is 0. The lowest BCUT2D eigenvalue weighted by Gasteiger charge is -2.33. The summed E-state index contributed by atoms with van der Waals surface area (Å²) in [5.41, 5.74) is 6.37. The molecule has 3 rings (SSSR count). The number of hydrogen-bond donors (Lipinski definition) is 1. The minimum absolute atomic E-state index is 0.123. The molecule has 0 radical (unpaired) electrons. The molecule has 1 atom stereocenters. The van der Waals surface area contributed by atoms with Crippen LogP contribution in [0.5, 0.6) is 5.75 Å². The van der Waals surface area contributed by atoms with Gasteiger partial charge in [0.05, 0.1) is 13.2 Å². The molecule has 0 aliphatic carbocycles. The summed E-state index contributed by atoms with van der Waals surface area (Å²) in [6, 6.07) is 12.6. The number of nitrogens with zero attached hydrogens (tertiary/aromatic N) is 1. The first kappa shape index (κ1) is 17.9. The lowest BCUT2D eigenvalue weighted by atomic mass is 10.1. The molecule has 0 aromatic heterocycles. The first-order valence-corrected chi connectivity index (χ1v) is 8.20. The Kier molecular flexibility index (Phi) is 5.48. The van der Waals surface area contributed by atoms with Gasteiger partial charge in [0.2, 0.25) is 0 Å². The lowest BCUT2D eigenvalue weighted by molar-refractivity contribution is -0.119. The van der Waals surface area contributed by atoms with E-state index < -0.39 is 5.91 Å². The fourth-order valence-electron chi connectivity index (χ4n) is 2.74. The second kappa shape index (κ2) is 7.97. The highest BCUT2D eigenvalue weighted by Crippen LogP contribution is 2.24. The number of benzene rings is 2. The van der Waals surface area contributed by atoms with E-state index in [0.29, 0.717) is 31.0 Å². The molecule has 2 aromatic carbocycles. The van der Waals surface area contributed by atoms with Crippen molar-refractivity contribution >= 4 is 11.8 Å². The van der Waals surface area contributed by atoms with Crippen molar-refractivity contribution in [3.05, 3.63) is 65.5 Å². The van der Waals surface area contributed by atoms with Crippen molar-refractivity contribution in [3.8, 4) is 5.75 Å². The van der Waals surface area contributed by atoms with Gasteiger partial charge in [-0.15, -0.1) is 0 Å². The molecule has 2 aromatic rings. The molecule has 0 bridgehead atoms. The summed E-state index contributed by atoms with van der Waals surface area (Å²) in [6.45, 7) is 1.07. The second-order valence-corrected chi connectivity index (χ2v) is 5.94. The Bertz CT molecular complexity index is 777. The number of carbonyl (C=O) groups excluding carboxylic acids is 2. The average Bonchev–Trinajstić information content (AvgIpc) is 2.67. The number of nitrogens with two attached hydrogens (primary N) is 1. The zero-order chi connectivity index (χ0) is 18.5. The zero-order valence-corrected chi connectivity index (χ0v) is 14.1. The summed E-state index contributed by atoms with van der Waals surface area (Å²) >= 11 is 0. The van der Waals surface area contributed by atoms with Crippen molar-refractivity contribution in [2.75, 3.05) is 26.3 Å². The van der Waals surface area contributed by atoms with Gasteiger partial charge in [-0.2, -0.15) is 0 Å². The molecule has 1 heterocycles. The topological polar surface area (TPSA) is 81.9 Å². The Morgan fingerprint density at radius 1 is 1.15 bits per heavy atom. The van der Waals surface area contributed by atoms with Crippen molar-refractivity contribution in [1.29, 1.82) is 0 Å². The molecule has 2 amide bonds.